The third-order valence-electron chi connectivity index (χ3n) is 3.87. The quantitative estimate of drug-likeness (QED) is 0.790. The number of carbonyl (C=O) groups is 2. The highest BCUT2D eigenvalue weighted by atomic mass is 16.3. The number of ketones is 1. The number of amides is 1. The molecule has 24 heavy (non-hydrogen) atoms. The second kappa shape index (κ2) is 7.43. The van der Waals surface area contributed by atoms with Crippen molar-refractivity contribution in [1.82, 2.24) is 0 Å². The van der Waals surface area contributed by atoms with Gasteiger partial charge in [0.1, 0.15) is 5.76 Å². The molecule has 0 unspecified atom stereocenters. The van der Waals surface area contributed by atoms with Gasteiger partial charge in [-0.15, -0.1) is 0 Å². The van der Waals surface area contributed by atoms with E-state index >= 15 is 0 Å². The van der Waals surface area contributed by atoms with Gasteiger partial charge in [-0.2, -0.15) is 0 Å². The molecule has 0 atom stereocenters. The number of hydrogen-bond donors (Lipinski definition) is 2. The molecular formula is C19H24N2O3. The Labute approximate surface area is 142 Å². The number of nitrogens with zero attached hydrogens (tertiary/aromatic N) is 1. The van der Waals surface area contributed by atoms with Gasteiger partial charge in [-0.05, 0) is 36.1 Å². The predicted octanol–water partition coefficient (Wildman–Crippen LogP) is 4.33. The van der Waals surface area contributed by atoms with E-state index < -0.39 is 0 Å². The van der Waals surface area contributed by atoms with Crippen LogP contribution in [0.1, 0.15) is 46.5 Å². The number of anilines is 1. The van der Waals surface area contributed by atoms with Crippen molar-refractivity contribution in [1.29, 1.82) is 0 Å². The van der Waals surface area contributed by atoms with Crippen LogP contribution in [0.2, 0.25) is 0 Å². The molecule has 0 radical (unpaired) electrons. The Bertz CT molecular complexity index is 685. The van der Waals surface area contributed by atoms with Crippen LogP contribution in [0.5, 0.6) is 0 Å². The van der Waals surface area contributed by atoms with E-state index in [9.17, 15) is 14.7 Å². The summed E-state index contributed by atoms with van der Waals surface area (Å²) < 4.78 is 0. The lowest BCUT2D eigenvalue weighted by atomic mass is 9.77. The Balaban J connectivity index is 2.07. The molecule has 0 bridgehead atoms. The molecular weight excluding hydrogens is 304 g/mol. The zero-order valence-corrected chi connectivity index (χ0v) is 14.4. The Morgan fingerprint density at radius 3 is 2.54 bits per heavy atom. The van der Waals surface area contributed by atoms with Crippen molar-refractivity contribution < 1.29 is 14.7 Å². The molecule has 0 aromatic heterocycles. The second-order valence-electron chi connectivity index (χ2n) is 6.90. The van der Waals surface area contributed by atoms with E-state index in [1.807, 2.05) is 20.8 Å². The number of aliphatic imine (C=N–C) groups is 1. The van der Waals surface area contributed by atoms with Crippen LogP contribution >= 0.6 is 0 Å². The molecule has 2 rings (SSSR count). The fourth-order valence-electron chi connectivity index (χ4n) is 2.67. The van der Waals surface area contributed by atoms with E-state index in [2.05, 4.69) is 10.3 Å². The van der Waals surface area contributed by atoms with Gasteiger partial charge in [0, 0.05) is 31.2 Å². The Kier molecular flexibility index (Phi) is 5.54. The van der Waals surface area contributed by atoms with Gasteiger partial charge in [0.2, 0.25) is 5.91 Å². The van der Waals surface area contributed by atoms with Crippen LogP contribution in [0.25, 0.3) is 0 Å². The molecule has 1 aliphatic rings. The number of aliphatic hydroxyl groups excluding tert-OH is 1. The Morgan fingerprint density at radius 1 is 1.29 bits per heavy atom. The summed E-state index contributed by atoms with van der Waals surface area (Å²) in [5.74, 6) is -0.00126. The summed E-state index contributed by atoms with van der Waals surface area (Å²) in [5.41, 5.74) is 1.44. The van der Waals surface area contributed by atoms with E-state index in [0.29, 0.717) is 30.6 Å². The van der Waals surface area contributed by atoms with E-state index in [1.54, 1.807) is 24.3 Å². The number of benzene rings is 1. The molecule has 1 aromatic rings. The van der Waals surface area contributed by atoms with Crippen molar-refractivity contribution in [3.63, 3.8) is 0 Å². The van der Waals surface area contributed by atoms with Crippen molar-refractivity contribution in [3.8, 4) is 0 Å². The number of rotatable bonds is 5. The van der Waals surface area contributed by atoms with Gasteiger partial charge >= 0.3 is 0 Å². The predicted molar refractivity (Wildman–Crippen MR) is 95.8 cm³/mol. The monoisotopic (exact) mass is 328 g/mol. The number of nitrogens with one attached hydrogen (secondary N) is 1. The number of allylic oxidation sites excluding steroid dienone is 2. The fraction of sp³-hybridized carbons (Fsp3) is 0.421. The lowest BCUT2D eigenvalue weighted by Gasteiger charge is -2.28. The van der Waals surface area contributed by atoms with Gasteiger partial charge in [-0.1, -0.05) is 20.8 Å². The van der Waals surface area contributed by atoms with Gasteiger partial charge < -0.3 is 10.4 Å². The van der Waals surface area contributed by atoms with Crippen LogP contribution in [0.3, 0.4) is 0 Å². The minimum Gasteiger partial charge on any atom is -0.511 e. The van der Waals surface area contributed by atoms with Crippen LogP contribution in [-0.4, -0.2) is 23.0 Å². The lowest BCUT2D eigenvalue weighted by Crippen LogP contribution is -2.26. The Hall–Kier alpha value is -2.43. The first-order valence-corrected chi connectivity index (χ1v) is 8.20. The molecule has 0 saturated heterocycles. The van der Waals surface area contributed by atoms with Crippen LogP contribution in [-0.2, 0) is 9.59 Å². The average Bonchev–Trinajstić information content (AvgIpc) is 2.47. The van der Waals surface area contributed by atoms with Crippen molar-refractivity contribution in [2.75, 3.05) is 5.32 Å². The highest BCUT2D eigenvalue weighted by molar-refractivity contribution is 6.14. The van der Waals surface area contributed by atoms with E-state index in [4.69, 9.17) is 0 Å². The largest absolute Gasteiger partial charge is 0.511 e. The topological polar surface area (TPSA) is 78.8 Å². The highest BCUT2D eigenvalue weighted by Gasteiger charge is 2.32. The number of hydrogen-bond acceptors (Lipinski definition) is 4. The molecule has 0 fully saturated rings. The molecule has 0 aliphatic heterocycles. The summed E-state index contributed by atoms with van der Waals surface area (Å²) in [7, 11) is 0. The third-order valence-corrected chi connectivity index (χ3v) is 3.87. The first kappa shape index (κ1) is 17.9. The maximum atomic E-state index is 12.1. The number of Topliss-reactive ketones (excluding diaryl/α,β-unsaturated/α-hetero) is 1. The number of aliphatic hydroxyl groups is 1. The van der Waals surface area contributed by atoms with Crippen molar-refractivity contribution in [3.05, 3.63) is 35.6 Å². The first-order chi connectivity index (χ1) is 11.3. The first-order valence-electron chi connectivity index (χ1n) is 8.20. The minimum absolute atomic E-state index is 0.0146. The van der Waals surface area contributed by atoms with Gasteiger partial charge in [0.05, 0.1) is 11.3 Å². The average molecular weight is 328 g/mol. The lowest BCUT2D eigenvalue weighted by molar-refractivity contribution is -0.118. The molecule has 0 saturated carbocycles. The van der Waals surface area contributed by atoms with Gasteiger partial charge in [-0.3, -0.25) is 14.6 Å². The molecule has 0 spiro atoms. The van der Waals surface area contributed by atoms with E-state index in [0.717, 1.165) is 6.42 Å². The molecule has 1 amide bonds. The molecule has 128 valence electrons. The van der Waals surface area contributed by atoms with Gasteiger partial charge in [-0.25, -0.2) is 0 Å². The zero-order chi connectivity index (χ0) is 17.7. The maximum Gasteiger partial charge on any atom is 0.224 e. The highest BCUT2D eigenvalue weighted by Crippen LogP contribution is 2.35. The SMILES string of the molecule is CCCC(=O)Nc1ccc(N=CC2=C(O)CC(C)(C)CC2=O)cc1. The van der Waals surface area contributed by atoms with Crippen molar-refractivity contribution in [2.45, 2.75) is 46.5 Å². The van der Waals surface area contributed by atoms with Crippen LogP contribution in [0.4, 0.5) is 11.4 Å². The summed E-state index contributed by atoms with van der Waals surface area (Å²) >= 11 is 0. The number of carbonyl (C=O) groups excluding carboxylic acids is 2. The standard InChI is InChI=1S/C19H24N2O3/c1-4-5-18(24)21-14-8-6-13(7-9-14)20-12-15-16(22)10-19(2,3)11-17(15)23/h6-9,12,22H,4-5,10-11H2,1-3H3,(H,21,24). The molecule has 1 aliphatic carbocycles. The van der Waals surface area contributed by atoms with Crippen molar-refractivity contribution >= 4 is 29.3 Å². The smallest absolute Gasteiger partial charge is 0.224 e. The summed E-state index contributed by atoms with van der Waals surface area (Å²) in [6.07, 6.45) is 3.60. The van der Waals surface area contributed by atoms with Crippen LogP contribution < -0.4 is 5.32 Å². The summed E-state index contributed by atoms with van der Waals surface area (Å²) in [5, 5.41) is 12.9. The van der Waals surface area contributed by atoms with Gasteiger partial charge in [0.25, 0.3) is 0 Å². The Morgan fingerprint density at radius 2 is 1.96 bits per heavy atom. The molecule has 2 N–H and O–H groups in total. The zero-order valence-electron chi connectivity index (χ0n) is 14.4. The molecule has 5 nitrogen and oxygen atoms in total. The van der Waals surface area contributed by atoms with Crippen LogP contribution in [0.15, 0.2) is 40.6 Å². The molecule has 1 aromatic carbocycles. The molecule has 0 heterocycles. The third kappa shape index (κ3) is 4.78. The summed E-state index contributed by atoms with van der Waals surface area (Å²) in [6, 6.07) is 7.04. The summed E-state index contributed by atoms with van der Waals surface area (Å²) in [4.78, 5) is 27.9. The molecule has 5 heteroatoms. The maximum absolute atomic E-state index is 12.1. The normalized spacial score (nSPS) is 17.4. The van der Waals surface area contributed by atoms with Crippen molar-refractivity contribution in [2.24, 2.45) is 10.4 Å². The van der Waals surface area contributed by atoms with E-state index in [-0.39, 0.29) is 28.4 Å². The minimum atomic E-state index is -0.211. The second-order valence-corrected chi connectivity index (χ2v) is 6.90. The van der Waals surface area contributed by atoms with E-state index in [1.165, 1.54) is 6.21 Å². The fourth-order valence-corrected chi connectivity index (χ4v) is 2.67. The van der Waals surface area contributed by atoms with Crippen LogP contribution in [0, 0.1) is 5.41 Å². The van der Waals surface area contributed by atoms with Gasteiger partial charge in [0.15, 0.2) is 5.78 Å². The summed E-state index contributed by atoms with van der Waals surface area (Å²) in [6.45, 7) is 5.87.